The Kier molecular flexibility index (Phi) is 6.46. The molecule has 2 aliphatic carbocycles. The lowest BCUT2D eigenvalue weighted by molar-refractivity contribution is -0.151. The summed E-state index contributed by atoms with van der Waals surface area (Å²) in [5.74, 6) is 0.808. The molecule has 0 unspecified atom stereocenters. The minimum Gasteiger partial charge on any atom is -0.504 e. The number of benzene rings is 1. The molecule has 2 aliphatic rings. The number of esters is 1. The number of carbonyl (C=O) groups excluding carboxylic acids is 2. The molecule has 1 aromatic rings. The van der Waals surface area contributed by atoms with Crippen molar-refractivity contribution in [3.63, 3.8) is 0 Å². The molecule has 0 aromatic heterocycles. The number of hydrogen-bond donors (Lipinski definition) is 1. The van der Waals surface area contributed by atoms with E-state index in [1.807, 2.05) is 33.8 Å². The SMILES string of the molecule is COc1c(C(C)C)cc2c(c1O)[C@@]1(C)CCC[C@](C)(COC(=O)CC(C)C)[C@@H]1CC2=O. The molecule has 31 heavy (non-hydrogen) atoms. The molecule has 5 nitrogen and oxygen atoms in total. The summed E-state index contributed by atoms with van der Waals surface area (Å²) in [7, 11) is 1.57. The minimum atomic E-state index is -0.381. The number of ketones is 1. The highest BCUT2D eigenvalue weighted by atomic mass is 16.5. The van der Waals surface area contributed by atoms with Crippen LogP contribution in [0.25, 0.3) is 0 Å². The van der Waals surface area contributed by atoms with Crippen LogP contribution in [0.1, 0.15) is 101 Å². The Morgan fingerprint density at radius 3 is 2.48 bits per heavy atom. The Morgan fingerprint density at radius 2 is 1.90 bits per heavy atom. The Morgan fingerprint density at radius 1 is 1.23 bits per heavy atom. The third kappa shape index (κ3) is 4.08. The Bertz CT molecular complexity index is 871. The summed E-state index contributed by atoms with van der Waals surface area (Å²) in [5.41, 5.74) is 1.50. The van der Waals surface area contributed by atoms with E-state index in [2.05, 4.69) is 13.8 Å². The molecule has 5 heteroatoms. The van der Waals surface area contributed by atoms with Crippen LogP contribution in [0.2, 0.25) is 0 Å². The molecular formula is C26H38O5. The lowest BCUT2D eigenvalue weighted by Gasteiger charge is -2.54. The van der Waals surface area contributed by atoms with E-state index in [9.17, 15) is 14.7 Å². The van der Waals surface area contributed by atoms with Crippen LogP contribution in [-0.2, 0) is 14.9 Å². The normalized spacial score (nSPS) is 27.8. The molecule has 0 radical (unpaired) electrons. The number of hydrogen-bond acceptors (Lipinski definition) is 5. The number of ether oxygens (including phenoxy) is 2. The zero-order chi connectivity index (χ0) is 23.1. The van der Waals surface area contributed by atoms with Gasteiger partial charge in [-0.1, -0.05) is 48.0 Å². The fourth-order valence-electron chi connectivity index (χ4n) is 5.97. The summed E-state index contributed by atoms with van der Waals surface area (Å²) in [6.07, 6.45) is 3.53. The second-order valence-electron chi connectivity index (χ2n) is 10.8. The molecule has 1 saturated carbocycles. The molecule has 0 saturated heterocycles. The Balaban J connectivity index is 2.04. The van der Waals surface area contributed by atoms with E-state index < -0.39 is 0 Å². The maximum absolute atomic E-state index is 13.3. The van der Waals surface area contributed by atoms with Crippen LogP contribution in [0, 0.1) is 17.3 Å². The van der Waals surface area contributed by atoms with E-state index >= 15 is 0 Å². The highest BCUT2D eigenvalue weighted by Crippen LogP contribution is 2.60. The van der Waals surface area contributed by atoms with Crippen molar-refractivity contribution in [2.24, 2.45) is 17.3 Å². The van der Waals surface area contributed by atoms with Gasteiger partial charge >= 0.3 is 5.97 Å². The first-order valence-corrected chi connectivity index (χ1v) is 11.6. The lowest BCUT2D eigenvalue weighted by Crippen LogP contribution is -2.52. The van der Waals surface area contributed by atoms with Crippen molar-refractivity contribution in [3.8, 4) is 11.5 Å². The van der Waals surface area contributed by atoms with Gasteiger partial charge in [0, 0.05) is 40.4 Å². The van der Waals surface area contributed by atoms with E-state index in [4.69, 9.17) is 9.47 Å². The number of rotatable bonds is 6. The van der Waals surface area contributed by atoms with Crippen LogP contribution in [0.15, 0.2) is 6.07 Å². The third-order valence-corrected chi connectivity index (χ3v) is 7.56. The molecule has 172 valence electrons. The van der Waals surface area contributed by atoms with E-state index in [1.54, 1.807) is 7.11 Å². The van der Waals surface area contributed by atoms with E-state index in [-0.39, 0.29) is 46.1 Å². The fraction of sp³-hybridized carbons (Fsp3) is 0.692. The van der Waals surface area contributed by atoms with Gasteiger partial charge in [-0.15, -0.1) is 0 Å². The van der Waals surface area contributed by atoms with Gasteiger partial charge in [0.1, 0.15) is 0 Å². The quantitative estimate of drug-likeness (QED) is 0.581. The second kappa shape index (κ2) is 8.48. The smallest absolute Gasteiger partial charge is 0.306 e. The Hall–Kier alpha value is -2.04. The topological polar surface area (TPSA) is 72.8 Å². The third-order valence-electron chi connectivity index (χ3n) is 7.56. The van der Waals surface area contributed by atoms with Crippen molar-refractivity contribution in [3.05, 3.63) is 22.8 Å². The molecular weight excluding hydrogens is 392 g/mol. The summed E-state index contributed by atoms with van der Waals surface area (Å²) in [6, 6.07) is 1.93. The predicted octanol–water partition coefficient (Wildman–Crippen LogP) is 5.76. The summed E-state index contributed by atoms with van der Waals surface area (Å²) >= 11 is 0. The summed E-state index contributed by atoms with van der Waals surface area (Å²) in [6.45, 7) is 12.7. The zero-order valence-corrected chi connectivity index (χ0v) is 20.1. The average Bonchev–Trinajstić information content (AvgIpc) is 2.67. The number of phenolic OH excluding ortho intramolecular Hbond substituents is 1. The van der Waals surface area contributed by atoms with E-state index in [1.165, 1.54) is 0 Å². The van der Waals surface area contributed by atoms with Gasteiger partial charge in [0.05, 0.1) is 13.7 Å². The monoisotopic (exact) mass is 430 g/mol. The van der Waals surface area contributed by atoms with Crippen LogP contribution < -0.4 is 4.74 Å². The molecule has 1 aromatic carbocycles. The van der Waals surface area contributed by atoms with Gasteiger partial charge in [0.25, 0.3) is 0 Å². The van der Waals surface area contributed by atoms with Gasteiger partial charge in [-0.2, -0.15) is 0 Å². The molecule has 0 spiro atoms. The summed E-state index contributed by atoms with van der Waals surface area (Å²) < 4.78 is 11.3. The summed E-state index contributed by atoms with van der Waals surface area (Å²) in [4.78, 5) is 25.6. The molecule has 3 rings (SSSR count). The van der Waals surface area contributed by atoms with Crippen molar-refractivity contribution in [2.45, 2.75) is 85.0 Å². The van der Waals surface area contributed by atoms with Crippen LogP contribution in [-0.4, -0.2) is 30.6 Å². The highest BCUT2D eigenvalue weighted by Gasteiger charge is 2.55. The van der Waals surface area contributed by atoms with Gasteiger partial charge in [-0.05, 0) is 36.7 Å². The van der Waals surface area contributed by atoms with Gasteiger partial charge in [0.2, 0.25) is 0 Å². The van der Waals surface area contributed by atoms with E-state index in [0.717, 1.165) is 30.4 Å². The van der Waals surface area contributed by atoms with Gasteiger partial charge in [-0.3, -0.25) is 9.59 Å². The van der Waals surface area contributed by atoms with Crippen molar-refractivity contribution < 1.29 is 24.2 Å². The Labute approximate surface area is 186 Å². The van der Waals surface area contributed by atoms with Crippen molar-refractivity contribution in [1.29, 1.82) is 0 Å². The average molecular weight is 431 g/mol. The molecule has 1 N–H and O–H groups in total. The van der Waals surface area contributed by atoms with Crippen molar-refractivity contribution in [1.82, 2.24) is 0 Å². The number of methoxy groups -OCH3 is 1. The van der Waals surface area contributed by atoms with Crippen LogP contribution in [0.4, 0.5) is 0 Å². The molecule has 0 aliphatic heterocycles. The molecule has 0 heterocycles. The van der Waals surface area contributed by atoms with Crippen LogP contribution >= 0.6 is 0 Å². The maximum Gasteiger partial charge on any atom is 0.306 e. The van der Waals surface area contributed by atoms with Gasteiger partial charge in [0.15, 0.2) is 17.3 Å². The number of fused-ring (bicyclic) bond motifs is 3. The maximum atomic E-state index is 13.3. The largest absolute Gasteiger partial charge is 0.504 e. The standard InChI is InChI=1S/C26H38O5/c1-15(2)11-21(28)31-14-25(5)9-8-10-26(6)20(25)13-19(27)18-12-17(16(3)4)24(30-7)23(29)22(18)26/h12,15-16,20,29H,8-11,13-14H2,1-7H3/t20-,25+,26-/m0/s1. The van der Waals surface area contributed by atoms with Crippen LogP contribution in [0.5, 0.6) is 11.5 Å². The number of aromatic hydroxyl groups is 1. The summed E-state index contributed by atoms with van der Waals surface area (Å²) in [5, 5.41) is 11.3. The molecule has 0 amide bonds. The predicted molar refractivity (Wildman–Crippen MR) is 121 cm³/mol. The van der Waals surface area contributed by atoms with Crippen LogP contribution in [0.3, 0.4) is 0 Å². The molecule has 3 atom stereocenters. The first-order valence-electron chi connectivity index (χ1n) is 11.6. The van der Waals surface area contributed by atoms with Crippen molar-refractivity contribution in [2.75, 3.05) is 13.7 Å². The first-order chi connectivity index (χ1) is 14.4. The molecule has 1 fully saturated rings. The van der Waals surface area contributed by atoms with E-state index in [0.29, 0.717) is 30.8 Å². The number of Topliss-reactive ketones (excluding diaryl/α,β-unsaturated/α-hetero) is 1. The minimum absolute atomic E-state index is 0.0129. The van der Waals surface area contributed by atoms with Crippen molar-refractivity contribution >= 4 is 11.8 Å². The van der Waals surface area contributed by atoms with Gasteiger partial charge in [-0.25, -0.2) is 0 Å². The fourth-order valence-corrected chi connectivity index (χ4v) is 5.97. The number of phenols is 1. The zero-order valence-electron chi connectivity index (χ0n) is 20.1. The molecule has 0 bridgehead atoms. The second-order valence-corrected chi connectivity index (χ2v) is 10.8. The lowest BCUT2D eigenvalue weighted by atomic mass is 9.49. The highest BCUT2D eigenvalue weighted by molar-refractivity contribution is 6.01. The number of carbonyl (C=O) groups is 2. The van der Waals surface area contributed by atoms with Gasteiger partial charge < -0.3 is 14.6 Å². The first kappa shape index (κ1) is 23.6.